The van der Waals surface area contributed by atoms with Crippen molar-refractivity contribution in [1.29, 1.82) is 0 Å². The first-order valence-corrected chi connectivity index (χ1v) is 13.8. The second kappa shape index (κ2) is 13.0. The standard InChI is InChI=1S/C29H27N3O4S2/c33-28(24-11-15-26(16-12-24)36-20-19-22-7-3-1-4-8-22)32-29(37)31-25-13-17-27(18-14-25)38(34,35)30-21-23-9-5-2-6-10-23/h1-18,30H,19-21H2,(H2,31,32,33,37). The number of rotatable bonds is 10. The Labute approximate surface area is 227 Å². The van der Waals surface area contributed by atoms with Crippen LogP contribution in [0.25, 0.3) is 0 Å². The molecule has 0 aromatic heterocycles. The minimum absolute atomic E-state index is 0.0935. The molecule has 0 atom stereocenters. The van der Waals surface area contributed by atoms with E-state index in [1.165, 1.54) is 17.7 Å². The molecule has 0 spiro atoms. The average molecular weight is 546 g/mol. The summed E-state index contributed by atoms with van der Waals surface area (Å²) in [4.78, 5) is 12.7. The van der Waals surface area contributed by atoms with Gasteiger partial charge in [0.05, 0.1) is 11.5 Å². The number of hydrogen-bond donors (Lipinski definition) is 3. The van der Waals surface area contributed by atoms with Gasteiger partial charge in [0.15, 0.2) is 5.11 Å². The molecule has 0 saturated heterocycles. The van der Waals surface area contributed by atoms with Crippen molar-refractivity contribution in [3.05, 3.63) is 126 Å². The van der Waals surface area contributed by atoms with Crippen molar-refractivity contribution in [2.45, 2.75) is 17.9 Å². The van der Waals surface area contributed by atoms with E-state index in [0.717, 1.165) is 12.0 Å². The largest absolute Gasteiger partial charge is 0.493 e. The fourth-order valence-electron chi connectivity index (χ4n) is 3.55. The maximum absolute atomic E-state index is 12.6. The van der Waals surface area contributed by atoms with Crippen molar-refractivity contribution in [2.24, 2.45) is 0 Å². The van der Waals surface area contributed by atoms with Crippen LogP contribution in [0.5, 0.6) is 5.75 Å². The molecular formula is C29H27N3O4S2. The van der Waals surface area contributed by atoms with Gasteiger partial charge in [-0.1, -0.05) is 60.7 Å². The molecular weight excluding hydrogens is 518 g/mol. The zero-order chi connectivity index (χ0) is 26.8. The quantitative estimate of drug-likeness (QED) is 0.245. The van der Waals surface area contributed by atoms with Gasteiger partial charge in [0.25, 0.3) is 5.91 Å². The van der Waals surface area contributed by atoms with E-state index in [-0.39, 0.29) is 22.5 Å². The van der Waals surface area contributed by atoms with Crippen LogP contribution in [0.15, 0.2) is 114 Å². The summed E-state index contributed by atoms with van der Waals surface area (Å²) < 4.78 is 33.5. The van der Waals surface area contributed by atoms with Crippen LogP contribution in [0.2, 0.25) is 0 Å². The number of carbonyl (C=O) groups is 1. The van der Waals surface area contributed by atoms with Crippen molar-refractivity contribution in [3.8, 4) is 5.75 Å². The molecule has 0 saturated carbocycles. The molecule has 194 valence electrons. The van der Waals surface area contributed by atoms with Crippen LogP contribution in [-0.4, -0.2) is 26.0 Å². The van der Waals surface area contributed by atoms with Crippen LogP contribution in [0.1, 0.15) is 21.5 Å². The molecule has 4 aromatic rings. The Morgan fingerprint density at radius 1 is 0.763 bits per heavy atom. The molecule has 0 aliphatic carbocycles. The van der Waals surface area contributed by atoms with E-state index in [1.54, 1.807) is 36.4 Å². The second-order valence-electron chi connectivity index (χ2n) is 8.35. The molecule has 7 nitrogen and oxygen atoms in total. The van der Waals surface area contributed by atoms with Crippen molar-refractivity contribution in [3.63, 3.8) is 0 Å². The highest BCUT2D eigenvalue weighted by atomic mass is 32.2. The Hall–Kier alpha value is -4.05. The molecule has 3 N–H and O–H groups in total. The third-order valence-electron chi connectivity index (χ3n) is 5.58. The number of anilines is 1. The molecule has 0 fully saturated rings. The van der Waals surface area contributed by atoms with Crippen LogP contribution in [0.4, 0.5) is 5.69 Å². The first-order valence-electron chi connectivity index (χ1n) is 11.9. The maximum atomic E-state index is 12.6. The van der Waals surface area contributed by atoms with Crippen molar-refractivity contribution < 1.29 is 17.9 Å². The van der Waals surface area contributed by atoms with Gasteiger partial charge < -0.3 is 10.1 Å². The predicted octanol–water partition coefficient (Wildman–Crippen LogP) is 4.91. The summed E-state index contributed by atoms with van der Waals surface area (Å²) in [7, 11) is -3.67. The first kappa shape index (κ1) is 27.0. The first-order chi connectivity index (χ1) is 18.4. The number of amides is 1. The van der Waals surface area contributed by atoms with Crippen molar-refractivity contribution in [2.75, 3.05) is 11.9 Å². The second-order valence-corrected chi connectivity index (χ2v) is 10.5. The molecule has 1 amide bonds. The Morgan fingerprint density at radius 3 is 2.00 bits per heavy atom. The topological polar surface area (TPSA) is 96.5 Å². The molecule has 38 heavy (non-hydrogen) atoms. The van der Waals surface area contributed by atoms with Gasteiger partial charge in [-0.3, -0.25) is 10.1 Å². The van der Waals surface area contributed by atoms with Crippen LogP contribution >= 0.6 is 12.2 Å². The van der Waals surface area contributed by atoms with Gasteiger partial charge in [0.1, 0.15) is 5.75 Å². The molecule has 9 heteroatoms. The van der Waals surface area contributed by atoms with Crippen molar-refractivity contribution in [1.82, 2.24) is 10.0 Å². The molecule has 0 bridgehead atoms. The normalized spacial score (nSPS) is 10.9. The van der Waals surface area contributed by atoms with E-state index in [4.69, 9.17) is 17.0 Å². The molecule has 0 radical (unpaired) electrons. The number of carbonyl (C=O) groups excluding carboxylic acids is 1. The van der Waals surface area contributed by atoms with Gasteiger partial charge >= 0.3 is 0 Å². The molecule has 0 aliphatic heterocycles. The smallest absolute Gasteiger partial charge is 0.257 e. The van der Waals surface area contributed by atoms with E-state index < -0.39 is 10.0 Å². The number of thiocarbonyl (C=S) groups is 1. The fraction of sp³-hybridized carbons (Fsp3) is 0.103. The van der Waals surface area contributed by atoms with Gasteiger partial charge in [-0.05, 0) is 71.9 Å². The summed E-state index contributed by atoms with van der Waals surface area (Å²) in [5.74, 6) is 0.300. The monoisotopic (exact) mass is 545 g/mol. The maximum Gasteiger partial charge on any atom is 0.257 e. The lowest BCUT2D eigenvalue weighted by Gasteiger charge is -2.11. The highest BCUT2D eigenvalue weighted by Gasteiger charge is 2.14. The van der Waals surface area contributed by atoms with Gasteiger partial charge in [-0.15, -0.1) is 0 Å². The number of hydrogen-bond acceptors (Lipinski definition) is 5. The van der Waals surface area contributed by atoms with Gasteiger partial charge in [-0.25, -0.2) is 13.1 Å². The Bertz CT molecular complexity index is 1460. The van der Waals surface area contributed by atoms with Gasteiger partial charge in [-0.2, -0.15) is 0 Å². The summed E-state index contributed by atoms with van der Waals surface area (Å²) in [6.45, 7) is 0.729. The summed E-state index contributed by atoms with van der Waals surface area (Å²) >= 11 is 5.25. The Morgan fingerprint density at radius 2 is 1.37 bits per heavy atom. The van der Waals surface area contributed by atoms with E-state index in [2.05, 4.69) is 27.5 Å². The van der Waals surface area contributed by atoms with Crippen LogP contribution in [-0.2, 0) is 23.0 Å². The van der Waals surface area contributed by atoms with E-state index in [1.807, 2.05) is 48.5 Å². The Balaban J connectivity index is 1.24. The number of ether oxygens (including phenoxy) is 1. The highest BCUT2D eigenvalue weighted by Crippen LogP contribution is 2.16. The average Bonchev–Trinajstić information content (AvgIpc) is 2.94. The molecule has 0 unspecified atom stereocenters. The van der Waals surface area contributed by atoms with Crippen LogP contribution in [0, 0.1) is 0 Å². The molecule has 4 rings (SSSR count). The highest BCUT2D eigenvalue weighted by molar-refractivity contribution is 7.89. The summed E-state index contributed by atoms with van der Waals surface area (Å²) in [6, 6.07) is 32.2. The number of sulfonamides is 1. The lowest BCUT2D eigenvalue weighted by Crippen LogP contribution is -2.34. The SMILES string of the molecule is O=C(NC(=S)Nc1ccc(S(=O)(=O)NCc2ccccc2)cc1)c1ccc(OCCc2ccccc2)cc1. The molecule has 0 heterocycles. The fourth-order valence-corrected chi connectivity index (χ4v) is 4.77. The lowest BCUT2D eigenvalue weighted by atomic mass is 10.2. The van der Waals surface area contributed by atoms with Gasteiger partial charge in [0, 0.05) is 24.2 Å². The zero-order valence-electron chi connectivity index (χ0n) is 20.5. The van der Waals surface area contributed by atoms with Gasteiger partial charge in [0.2, 0.25) is 10.0 Å². The minimum atomic E-state index is -3.67. The third-order valence-corrected chi connectivity index (χ3v) is 7.20. The number of benzene rings is 4. The molecule has 0 aliphatic rings. The van der Waals surface area contributed by atoms with Crippen LogP contribution in [0.3, 0.4) is 0 Å². The van der Waals surface area contributed by atoms with Crippen molar-refractivity contribution >= 4 is 38.9 Å². The van der Waals surface area contributed by atoms with E-state index >= 15 is 0 Å². The predicted molar refractivity (Wildman–Crippen MR) is 153 cm³/mol. The summed E-state index contributed by atoms with van der Waals surface area (Å²) in [5, 5.41) is 5.61. The summed E-state index contributed by atoms with van der Waals surface area (Å²) in [5.41, 5.74) is 3.02. The molecule has 4 aromatic carbocycles. The lowest BCUT2D eigenvalue weighted by molar-refractivity contribution is 0.0977. The zero-order valence-corrected chi connectivity index (χ0v) is 22.1. The Kier molecular flexibility index (Phi) is 9.21. The van der Waals surface area contributed by atoms with E-state index in [0.29, 0.717) is 23.6 Å². The third kappa shape index (κ3) is 7.97. The number of nitrogens with one attached hydrogen (secondary N) is 3. The van der Waals surface area contributed by atoms with Crippen LogP contribution < -0.4 is 20.1 Å². The van der Waals surface area contributed by atoms with E-state index in [9.17, 15) is 13.2 Å². The minimum Gasteiger partial charge on any atom is -0.493 e. The summed E-state index contributed by atoms with van der Waals surface area (Å²) in [6.07, 6.45) is 0.792.